The molecule has 0 spiro atoms. The molecule has 0 radical (unpaired) electrons. The van der Waals surface area contributed by atoms with E-state index in [1.54, 1.807) is 18.2 Å². The average molecular weight is 279 g/mol. The van der Waals surface area contributed by atoms with Crippen LogP contribution in [-0.2, 0) is 16.0 Å². The zero-order chi connectivity index (χ0) is 13.7. The molecule has 0 bridgehead atoms. The van der Waals surface area contributed by atoms with Gasteiger partial charge in [-0.3, -0.25) is 4.79 Å². The predicted molar refractivity (Wildman–Crippen MR) is 69.3 cm³/mol. The summed E-state index contributed by atoms with van der Waals surface area (Å²) >= 11 is 5.75. The van der Waals surface area contributed by atoms with E-state index < -0.39 is 0 Å². The molecule has 2 aromatic rings. The molecule has 1 aromatic carbocycles. The molecule has 1 heterocycles. The van der Waals surface area contributed by atoms with Crippen LogP contribution in [0.3, 0.4) is 0 Å². The monoisotopic (exact) mass is 278 g/mol. The summed E-state index contributed by atoms with van der Waals surface area (Å²) in [6.07, 6.45) is 1.44. The number of aromatic nitrogens is 2. The molecule has 6 heteroatoms. The summed E-state index contributed by atoms with van der Waals surface area (Å²) < 4.78 is 10.2. The molecular weight excluding hydrogens is 268 g/mol. The van der Waals surface area contributed by atoms with Crippen molar-refractivity contribution >= 4 is 17.6 Å². The first-order valence-corrected chi connectivity index (χ1v) is 5.87. The van der Waals surface area contributed by atoms with Gasteiger partial charge in [-0.25, -0.2) is 9.97 Å². The molecule has 98 valence electrons. The van der Waals surface area contributed by atoms with Crippen LogP contribution in [0.4, 0.5) is 0 Å². The maximum absolute atomic E-state index is 11.3. The number of esters is 1. The Balaban J connectivity index is 2.22. The molecule has 19 heavy (non-hydrogen) atoms. The lowest BCUT2D eigenvalue weighted by Crippen LogP contribution is -2.05. The second kappa shape index (κ2) is 6.15. The van der Waals surface area contributed by atoms with Crippen molar-refractivity contribution < 1.29 is 14.3 Å². The number of rotatable bonds is 4. The number of methoxy groups -OCH3 is 1. The average Bonchev–Trinajstić information content (AvgIpc) is 2.41. The van der Waals surface area contributed by atoms with Gasteiger partial charge in [-0.2, -0.15) is 0 Å². The lowest BCUT2D eigenvalue weighted by molar-refractivity contribution is -0.139. The summed E-state index contributed by atoms with van der Waals surface area (Å²) in [7, 11) is 1.34. The number of nitrogens with zero attached hydrogens (tertiary/aromatic N) is 2. The van der Waals surface area contributed by atoms with E-state index in [1.807, 2.05) is 6.07 Å². The molecule has 0 atom stereocenters. The van der Waals surface area contributed by atoms with E-state index in [4.69, 9.17) is 16.3 Å². The van der Waals surface area contributed by atoms with Crippen molar-refractivity contribution in [2.45, 2.75) is 6.42 Å². The van der Waals surface area contributed by atoms with E-state index in [2.05, 4.69) is 14.7 Å². The number of hydrogen-bond donors (Lipinski definition) is 0. The minimum absolute atomic E-state index is 0.130. The second-order valence-corrected chi connectivity index (χ2v) is 4.03. The van der Waals surface area contributed by atoms with Gasteiger partial charge in [-0.15, -0.1) is 0 Å². The molecule has 5 nitrogen and oxygen atoms in total. The summed E-state index contributed by atoms with van der Waals surface area (Å²) in [5, 5.41) is 0.287. The van der Waals surface area contributed by atoms with Crippen LogP contribution in [-0.4, -0.2) is 23.0 Å². The van der Waals surface area contributed by atoms with Gasteiger partial charge in [0.15, 0.2) is 0 Å². The van der Waals surface area contributed by atoms with Gasteiger partial charge in [0.2, 0.25) is 5.88 Å². The topological polar surface area (TPSA) is 61.3 Å². The molecule has 0 aliphatic rings. The quantitative estimate of drug-likeness (QED) is 0.635. The Hall–Kier alpha value is -2.14. The van der Waals surface area contributed by atoms with Crippen molar-refractivity contribution in [2.24, 2.45) is 0 Å². The van der Waals surface area contributed by atoms with E-state index in [-0.39, 0.29) is 17.5 Å². The summed E-state index contributed by atoms with van der Waals surface area (Å²) in [5.74, 6) is 0.511. The first-order valence-electron chi connectivity index (χ1n) is 5.49. The molecule has 0 N–H and O–H groups in total. The fourth-order valence-corrected chi connectivity index (χ4v) is 1.60. The van der Waals surface area contributed by atoms with Gasteiger partial charge in [0.25, 0.3) is 0 Å². The second-order valence-electron chi connectivity index (χ2n) is 3.64. The molecule has 0 amide bonds. The van der Waals surface area contributed by atoms with Crippen LogP contribution in [0.15, 0.2) is 36.7 Å². The summed E-state index contributed by atoms with van der Waals surface area (Å²) in [6, 6.07) is 8.65. The highest BCUT2D eigenvalue weighted by atomic mass is 35.5. The lowest BCUT2D eigenvalue weighted by Gasteiger charge is -2.09. The van der Waals surface area contributed by atoms with Crippen LogP contribution in [0.5, 0.6) is 11.6 Å². The highest BCUT2D eigenvalue weighted by molar-refractivity contribution is 6.29. The number of benzene rings is 1. The lowest BCUT2D eigenvalue weighted by atomic mass is 10.1. The van der Waals surface area contributed by atoms with Crippen molar-refractivity contribution in [2.75, 3.05) is 7.11 Å². The largest absolute Gasteiger partial charge is 0.469 e. The van der Waals surface area contributed by atoms with E-state index >= 15 is 0 Å². The summed E-state index contributed by atoms with van der Waals surface area (Å²) in [6.45, 7) is 0. The van der Waals surface area contributed by atoms with Gasteiger partial charge >= 0.3 is 5.97 Å². The molecule has 2 rings (SSSR count). The van der Waals surface area contributed by atoms with Gasteiger partial charge in [0.1, 0.15) is 17.2 Å². The predicted octanol–water partition coefficient (Wildman–Crippen LogP) is 2.64. The van der Waals surface area contributed by atoms with Crippen LogP contribution in [0.1, 0.15) is 5.56 Å². The molecule has 0 aliphatic carbocycles. The Labute approximate surface area is 115 Å². The SMILES string of the molecule is COC(=O)Cc1ccccc1Oc1cc(Cl)ncn1. The van der Waals surface area contributed by atoms with Gasteiger partial charge < -0.3 is 9.47 Å². The Bertz CT molecular complexity index is 590. The van der Waals surface area contributed by atoms with E-state index in [0.717, 1.165) is 0 Å². The van der Waals surface area contributed by atoms with Crippen LogP contribution in [0.2, 0.25) is 5.15 Å². The van der Waals surface area contributed by atoms with Gasteiger partial charge in [-0.1, -0.05) is 29.8 Å². The molecule has 0 saturated carbocycles. The third kappa shape index (κ3) is 3.66. The maximum atomic E-state index is 11.3. The van der Waals surface area contributed by atoms with Crippen molar-refractivity contribution in [1.82, 2.24) is 9.97 Å². The van der Waals surface area contributed by atoms with E-state index in [0.29, 0.717) is 17.2 Å². The number of halogens is 1. The van der Waals surface area contributed by atoms with Crippen LogP contribution in [0, 0.1) is 0 Å². The van der Waals surface area contributed by atoms with Crippen molar-refractivity contribution in [3.63, 3.8) is 0 Å². The molecule has 0 aliphatic heterocycles. The smallest absolute Gasteiger partial charge is 0.310 e. The molecular formula is C13H11ClN2O3. The van der Waals surface area contributed by atoms with Crippen LogP contribution in [0.25, 0.3) is 0 Å². The number of carbonyl (C=O) groups excluding carboxylic acids is 1. The van der Waals surface area contributed by atoms with E-state index in [1.165, 1.54) is 19.5 Å². The van der Waals surface area contributed by atoms with Gasteiger partial charge in [0.05, 0.1) is 13.5 Å². The Morgan fingerprint density at radius 1 is 1.32 bits per heavy atom. The number of para-hydroxylation sites is 1. The normalized spacial score (nSPS) is 10.0. The minimum Gasteiger partial charge on any atom is -0.469 e. The van der Waals surface area contributed by atoms with Crippen molar-refractivity contribution in [3.8, 4) is 11.6 Å². The Kier molecular flexibility index (Phi) is 4.30. The first-order chi connectivity index (χ1) is 9.19. The van der Waals surface area contributed by atoms with E-state index in [9.17, 15) is 4.79 Å². The van der Waals surface area contributed by atoms with Crippen LogP contribution < -0.4 is 4.74 Å². The summed E-state index contributed by atoms with van der Waals surface area (Å²) in [4.78, 5) is 19.0. The Morgan fingerprint density at radius 3 is 2.84 bits per heavy atom. The molecule has 0 saturated heterocycles. The van der Waals surface area contributed by atoms with Crippen molar-refractivity contribution in [3.05, 3.63) is 47.4 Å². The van der Waals surface area contributed by atoms with Crippen LogP contribution >= 0.6 is 11.6 Å². The maximum Gasteiger partial charge on any atom is 0.310 e. The van der Waals surface area contributed by atoms with Gasteiger partial charge in [0, 0.05) is 11.6 Å². The van der Waals surface area contributed by atoms with Gasteiger partial charge in [-0.05, 0) is 6.07 Å². The standard InChI is InChI=1S/C13H11ClN2O3/c1-18-13(17)6-9-4-2-3-5-10(9)19-12-7-11(14)15-8-16-12/h2-5,7-8H,6H2,1H3. The zero-order valence-corrected chi connectivity index (χ0v) is 10.9. The highest BCUT2D eigenvalue weighted by Gasteiger charge is 2.10. The summed E-state index contributed by atoms with van der Waals surface area (Å²) in [5.41, 5.74) is 0.712. The molecule has 1 aromatic heterocycles. The third-order valence-corrected chi connectivity index (χ3v) is 2.56. The third-order valence-electron chi connectivity index (χ3n) is 2.36. The zero-order valence-electron chi connectivity index (χ0n) is 10.2. The molecule has 0 unspecified atom stereocenters. The first kappa shape index (κ1) is 13.3. The molecule has 0 fully saturated rings. The Morgan fingerprint density at radius 2 is 2.11 bits per heavy atom. The highest BCUT2D eigenvalue weighted by Crippen LogP contribution is 2.25. The fourth-order valence-electron chi connectivity index (χ4n) is 1.46. The minimum atomic E-state index is -0.336. The fraction of sp³-hybridized carbons (Fsp3) is 0.154. The number of hydrogen-bond acceptors (Lipinski definition) is 5. The van der Waals surface area contributed by atoms with Crippen molar-refractivity contribution in [1.29, 1.82) is 0 Å². The number of carbonyl (C=O) groups is 1. The number of ether oxygens (including phenoxy) is 2.